The Kier molecular flexibility index (Phi) is 5.97. The number of piperidine rings is 1. The summed E-state index contributed by atoms with van der Waals surface area (Å²) in [6, 6.07) is 10.0. The van der Waals surface area contributed by atoms with E-state index in [1.807, 2.05) is 11.0 Å². The summed E-state index contributed by atoms with van der Waals surface area (Å²) in [5.74, 6) is 0.593. The van der Waals surface area contributed by atoms with Crippen LogP contribution in [0.5, 0.6) is 0 Å². The van der Waals surface area contributed by atoms with Gasteiger partial charge in [0.1, 0.15) is 11.5 Å². The summed E-state index contributed by atoms with van der Waals surface area (Å²) in [5, 5.41) is 11.9. The fraction of sp³-hybridized carbons (Fsp3) is 0.250. The quantitative estimate of drug-likeness (QED) is 0.464. The summed E-state index contributed by atoms with van der Waals surface area (Å²) in [6.07, 6.45) is 1.90. The van der Waals surface area contributed by atoms with Crippen molar-refractivity contribution >= 4 is 17.4 Å². The molecule has 0 bridgehead atoms. The molecule has 0 radical (unpaired) electrons. The topological polar surface area (TPSA) is 112 Å². The Morgan fingerprint density at radius 2 is 1.92 bits per heavy atom. The minimum absolute atomic E-state index is 0.128. The Hall–Kier alpha value is -4.53. The maximum absolute atomic E-state index is 13.2. The second-order valence-electron chi connectivity index (χ2n) is 8.33. The fourth-order valence-corrected chi connectivity index (χ4v) is 4.12. The SMILES string of the molecule is N#Cc1ccc(C(=O)N[C@H]2CCCN(c3ccnc(-c4cnc5cnc(C(F)(F)F)cn45)n3)C2)cc1. The largest absolute Gasteiger partial charge is 0.434 e. The van der Waals surface area contributed by atoms with E-state index in [-0.39, 0.29) is 23.4 Å². The standard InChI is InChI=1S/C24H19F3N8O/c25-24(26,27)19-14-35-18(11-31-21(35)12-30-19)22-29-8-7-20(33-22)34-9-1-2-17(13-34)32-23(36)16-5-3-15(10-28)4-6-16/h3-8,11-12,14,17H,1-2,9,13H2,(H,32,36)/t17-/m0/s1. The molecule has 0 saturated carbocycles. The highest BCUT2D eigenvalue weighted by Crippen LogP contribution is 2.29. The van der Waals surface area contributed by atoms with Crippen LogP contribution in [0.3, 0.4) is 0 Å². The third kappa shape index (κ3) is 4.68. The summed E-state index contributed by atoms with van der Waals surface area (Å²) >= 11 is 0. The van der Waals surface area contributed by atoms with Crippen LogP contribution >= 0.6 is 0 Å². The van der Waals surface area contributed by atoms with Gasteiger partial charge in [-0.25, -0.2) is 19.9 Å². The lowest BCUT2D eigenvalue weighted by Gasteiger charge is -2.34. The highest BCUT2D eigenvalue weighted by atomic mass is 19.4. The molecule has 5 rings (SSSR count). The number of alkyl halides is 3. The summed E-state index contributed by atoms with van der Waals surface area (Å²) < 4.78 is 40.7. The molecule has 1 aliphatic heterocycles. The van der Waals surface area contributed by atoms with E-state index in [1.165, 1.54) is 10.6 Å². The molecule has 9 nitrogen and oxygen atoms in total. The van der Waals surface area contributed by atoms with E-state index in [0.717, 1.165) is 25.2 Å². The van der Waals surface area contributed by atoms with Gasteiger partial charge in [0.05, 0.1) is 24.0 Å². The van der Waals surface area contributed by atoms with Crippen LogP contribution in [0.2, 0.25) is 0 Å². The second kappa shape index (κ2) is 9.26. The number of aromatic nitrogens is 5. The predicted octanol–water partition coefficient (Wildman–Crippen LogP) is 3.48. The molecule has 36 heavy (non-hydrogen) atoms. The normalized spacial score (nSPS) is 16.1. The van der Waals surface area contributed by atoms with Crippen molar-refractivity contribution in [2.45, 2.75) is 25.1 Å². The van der Waals surface area contributed by atoms with Gasteiger partial charge in [-0.2, -0.15) is 18.4 Å². The summed E-state index contributed by atoms with van der Waals surface area (Å²) in [6.45, 7) is 1.21. The molecule has 0 unspecified atom stereocenters. The van der Waals surface area contributed by atoms with Gasteiger partial charge in [0, 0.05) is 37.1 Å². The maximum Gasteiger partial charge on any atom is 0.434 e. The molecule has 1 aliphatic rings. The zero-order valence-corrected chi connectivity index (χ0v) is 18.8. The molecular formula is C24H19F3N8O. The van der Waals surface area contributed by atoms with Crippen LogP contribution in [0, 0.1) is 11.3 Å². The Bertz CT molecular complexity index is 1460. The zero-order valence-electron chi connectivity index (χ0n) is 18.8. The van der Waals surface area contributed by atoms with E-state index in [1.54, 1.807) is 36.5 Å². The summed E-state index contributed by atoms with van der Waals surface area (Å²) in [4.78, 5) is 31.0. The van der Waals surface area contributed by atoms with Crippen LogP contribution in [-0.2, 0) is 6.18 Å². The van der Waals surface area contributed by atoms with E-state index in [9.17, 15) is 18.0 Å². The molecule has 1 atom stereocenters. The number of anilines is 1. The Morgan fingerprint density at radius 1 is 1.11 bits per heavy atom. The van der Waals surface area contributed by atoms with Crippen LogP contribution in [0.25, 0.3) is 17.2 Å². The van der Waals surface area contributed by atoms with Gasteiger partial charge >= 0.3 is 6.18 Å². The first kappa shape index (κ1) is 23.2. The predicted molar refractivity (Wildman–Crippen MR) is 123 cm³/mol. The summed E-state index contributed by atoms with van der Waals surface area (Å²) in [5.41, 5.74) is 0.461. The molecular weight excluding hydrogens is 473 g/mol. The van der Waals surface area contributed by atoms with Gasteiger partial charge < -0.3 is 10.2 Å². The minimum atomic E-state index is -4.59. The molecule has 4 aromatic rings. The lowest BCUT2D eigenvalue weighted by atomic mass is 10.0. The highest BCUT2D eigenvalue weighted by molar-refractivity contribution is 5.94. The van der Waals surface area contributed by atoms with Gasteiger partial charge in [0.15, 0.2) is 17.2 Å². The van der Waals surface area contributed by atoms with Gasteiger partial charge in [-0.05, 0) is 43.2 Å². The number of nitrogens with zero attached hydrogens (tertiary/aromatic N) is 7. The van der Waals surface area contributed by atoms with Crippen molar-refractivity contribution in [2.24, 2.45) is 0 Å². The lowest BCUT2D eigenvalue weighted by Crippen LogP contribution is -2.48. The number of carbonyl (C=O) groups is 1. The van der Waals surface area contributed by atoms with Crippen molar-refractivity contribution in [3.8, 4) is 17.6 Å². The van der Waals surface area contributed by atoms with E-state index in [2.05, 4.69) is 25.3 Å². The number of nitriles is 1. The van der Waals surface area contributed by atoms with Crippen LogP contribution in [-0.4, -0.2) is 49.4 Å². The van der Waals surface area contributed by atoms with Crippen LogP contribution in [0.15, 0.2) is 55.1 Å². The Morgan fingerprint density at radius 3 is 2.67 bits per heavy atom. The highest BCUT2D eigenvalue weighted by Gasteiger charge is 2.33. The average Bonchev–Trinajstić information content (AvgIpc) is 3.32. The molecule has 1 N–H and O–H groups in total. The summed E-state index contributed by atoms with van der Waals surface area (Å²) in [7, 11) is 0. The maximum atomic E-state index is 13.2. The number of imidazole rings is 1. The van der Waals surface area contributed by atoms with E-state index in [4.69, 9.17) is 5.26 Å². The number of benzene rings is 1. The van der Waals surface area contributed by atoms with Gasteiger partial charge in [0.2, 0.25) is 0 Å². The van der Waals surface area contributed by atoms with Gasteiger partial charge in [-0.15, -0.1) is 0 Å². The second-order valence-corrected chi connectivity index (χ2v) is 8.33. The van der Waals surface area contributed by atoms with Crippen molar-refractivity contribution in [3.63, 3.8) is 0 Å². The molecule has 0 aliphatic carbocycles. The number of carbonyl (C=O) groups excluding carboxylic acids is 1. The molecule has 4 heterocycles. The van der Waals surface area contributed by atoms with E-state index >= 15 is 0 Å². The zero-order chi connectivity index (χ0) is 25.3. The van der Waals surface area contributed by atoms with Crippen molar-refractivity contribution < 1.29 is 18.0 Å². The van der Waals surface area contributed by atoms with Crippen LogP contribution in [0.1, 0.15) is 34.5 Å². The molecule has 182 valence electrons. The van der Waals surface area contributed by atoms with Crippen molar-refractivity contribution in [1.29, 1.82) is 5.26 Å². The first-order chi connectivity index (χ1) is 17.3. The van der Waals surface area contributed by atoms with E-state index in [0.29, 0.717) is 35.7 Å². The molecule has 1 aromatic carbocycles. The smallest absolute Gasteiger partial charge is 0.354 e. The van der Waals surface area contributed by atoms with Crippen LogP contribution < -0.4 is 10.2 Å². The molecule has 1 fully saturated rings. The number of halogens is 3. The van der Waals surface area contributed by atoms with Gasteiger partial charge in [-0.1, -0.05) is 0 Å². The number of fused-ring (bicyclic) bond motifs is 1. The van der Waals surface area contributed by atoms with Gasteiger partial charge in [0.25, 0.3) is 5.91 Å². The number of amides is 1. The third-order valence-corrected chi connectivity index (χ3v) is 5.91. The number of nitrogens with one attached hydrogen (secondary N) is 1. The van der Waals surface area contributed by atoms with Crippen molar-refractivity contribution in [2.75, 3.05) is 18.0 Å². The van der Waals surface area contributed by atoms with Crippen LogP contribution in [0.4, 0.5) is 19.0 Å². The fourth-order valence-electron chi connectivity index (χ4n) is 4.12. The third-order valence-electron chi connectivity index (χ3n) is 5.91. The number of hydrogen-bond acceptors (Lipinski definition) is 7. The molecule has 0 spiro atoms. The van der Waals surface area contributed by atoms with E-state index < -0.39 is 11.9 Å². The average molecular weight is 492 g/mol. The van der Waals surface area contributed by atoms with Gasteiger partial charge in [-0.3, -0.25) is 9.20 Å². The number of rotatable bonds is 4. The van der Waals surface area contributed by atoms with Crippen molar-refractivity contribution in [3.05, 3.63) is 71.9 Å². The lowest BCUT2D eigenvalue weighted by molar-refractivity contribution is -0.141. The first-order valence-electron chi connectivity index (χ1n) is 11.1. The Balaban J connectivity index is 1.35. The molecule has 1 saturated heterocycles. The first-order valence-corrected chi connectivity index (χ1v) is 11.1. The minimum Gasteiger partial charge on any atom is -0.354 e. The number of hydrogen-bond donors (Lipinski definition) is 1. The molecule has 12 heteroatoms. The molecule has 1 amide bonds. The van der Waals surface area contributed by atoms with Crippen molar-refractivity contribution in [1.82, 2.24) is 29.7 Å². The molecule has 3 aromatic heterocycles. The Labute approximate surface area is 203 Å². The monoisotopic (exact) mass is 492 g/mol.